The van der Waals surface area contributed by atoms with E-state index in [9.17, 15) is 4.39 Å². The maximum Gasteiger partial charge on any atom is 0.123 e. The van der Waals surface area contributed by atoms with Gasteiger partial charge in [-0.2, -0.15) is 0 Å². The normalized spacial score (nSPS) is 11.2. The molecule has 0 radical (unpaired) electrons. The van der Waals surface area contributed by atoms with Crippen LogP contribution in [-0.4, -0.2) is 0 Å². The molecule has 0 heterocycles. The molecule has 0 N–H and O–H groups in total. The van der Waals surface area contributed by atoms with E-state index in [1.54, 1.807) is 0 Å². The molecule has 3 aromatic carbocycles. The highest BCUT2D eigenvalue weighted by Gasteiger charge is 1.96. The summed E-state index contributed by atoms with van der Waals surface area (Å²) in [6.45, 7) is 0. The highest BCUT2D eigenvalue weighted by molar-refractivity contribution is 5.90. The first-order valence-corrected chi connectivity index (χ1v) is 6.72. The van der Waals surface area contributed by atoms with Crippen LogP contribution in [0.15, 0.2) is 72.8 Å². The minimum atomic E-state index is -0.188. The third-order valence-corrected chi connectivity index (χ3v) is 3.39. The molecule has 0 atom stereocenters. The fourth-order valence-electron chi connectivity index (χ4n) is 2.34. The first-order chi connectivity index (χ1) is 9.83. The Morgan fingerprint density at radius 1 is 0.800 bits per heavy atom. The largest absolute Gasteiger partial charge is 0.207 e. The SMILES string of the molecule is Fc1ccc(C/C=C/c2cccc3ccccc23)cc1. The van der Waals surface area contributed by atoms with Crippen molar-refractivity contribution in [1.82, 2.24) is 0 Å². The molecule has 0 saturated heterocycles. The predicted octanol–water partition coefficient (Wildman–Crippen LogP) is 5.23. The fourth-order valence-corrected chi connectivity index (χ4v) is 2.34. The summed E-state index contributed by atoms with van der Waals surface area (Å²) in [5.41, 5.74) is 2.33. The summed E-state index contributed by atoms with van der Waals surface area (Å²) < 4.78 is 12.8. The number of allylic oxidation sites excluding steroid dienone is 1. The highest BCUT2D eigenvalue weighted by atomic mass is 19.1. The molecule has 0 unspecified atom stereocenters. The summed E-state index contributed by atoms with van der Waals surface area (Å²) in [6, 6.07) is 21.3. The van der Waals surface area contributed by atoms with Crippen LogP contribution in [0.1, 0.15) is 11.1 Å². The van der Waals surface area contributed by atoms with Gasteiger partial charge in [-0.05, 0) is 40.5 Å². The van der Waals surface area contributed by atoms with E-state index in [0.29, 0.717) is 0 Å². The number of hydrogen-bond donors (Lipinski definition) is 0. The molecule has 3 aromatic rings. The Kier molecular flexibility index (Phi) is 3.60. The van der Waals surface area contributed by atoms with Gasteiger partial charge in [0.15, 0.2) is 0 Å². The molecule has 0 nitrogen and oxygen atoms in total. The van der Waals surface area contributed by atoms with E-state index in [1.165, 1.54) is 28.5 Å². The molecule has 98 valence electrons. The zero-order valence-electron chi connectivity index (χ0n) is 11.1. The fraction of sp³-hybridized carbons (Fsp3) is 0.0526. The van der Waals surface area contributed by atoms with Crippen LogP contribution in [0.5, 0.6) is 0 Å². The topological polar surface area (TPSA) is 0 Å². The second-order valence-electron chi connectivity index (χ2n) is 4.80. The summed E-state index contributed by atoms with van der Waals surface area (Å²) in [6.07, 6.45) is 5.06. The molecule has 3 rings (SSSR count). The van der Waals surface area contributed by atoms with Gasteiger partial charge < -0.3 is 0 Å². The Bertz CT molecular complexity index is 734. The monoisotopic (exact) mass is 262 g/mol. The molecule has 20 heavy (non-hydrogen) atoms. The Hall–Kier alpha value is -2.41. The molecule has 0 aromatic heterocycles. The van der Waals surface area contributed by atoms with Crippen molar-refractivity contribution in [1.29, 1.82) is 0 Å². The van der Waals surface area contributed by atoms with Gasteiger partial charge in [0.05, 0.1) is 0 Å². The molecule has 0 bridgehead atoms. The van der Waals surface area contributed by atoms with Crippen LogP contribution >= 0.6 is 0 Å². The van der Waals surface area contributed by atoms with Crippen molar-refractivity contribution in [3.63, 3.8) is 0 Å². The van der Waals surface area contributed by atoms with E-state index in [2.05, 4.69) is 48.6 Å². The molecular weight excluding hydrogens is 247 g/mol. The summed E-state index contributed by atoms with van der Waals surface area (Å²) in [4.78, 5) is 0. The maximum absolute atomic E-state index is 12.8. The second-order valence-corrected chi connectivity index (χ2v) is 4.80. The van der Waals surface area contributed by atoms with Crippen LogP contribution in [0.25, 0.3) is 16.8 Å². The molecule has 0 amide bonds. The van der Waals surface area contributed by atoms with Crippen molar-refractivity contribution in [2.75, 3.05) is 0 Å². The molecule has 1 heteroatoms. The van der Waals surface area contributed by atoms with E-state index < -0.39 is 0 Å². The number of rotatable bonds is 3. The van der Waals surface area contributed by atoms with Crippen molar-refractivity contribution >= 4 is 16.8 Å². The Morgan fingerprint density at radius 3 is 2.40 bits per heavy atom. The highest BCUT2D eigenvalue weighted by Crippen LogP contribution is 2.19. The van der Waals surface area contributed by atoms with Crippen molar-refractivity contribution < 1.29 is 4.39 Å². The van der Waals surface area contributed by atoms with Crippen molar-refractivity contribution in [2.24, 2.45) is 0 Å². The first kappa shape index (κ1) is 12.6. The third-order valence-electron chi connectivity index (χ3n) is 3.39. The smallest absolute Gasteiger partial charge is 0.123 e. The average Bonchev–Trinajstić information content (AvgIpc) is 2.49. The van der Waals surface area contributed by atoms with Crippen LogP contribution in [0, 0.1) is 5.82 Å². The van der Waals surface area contributed by atoms with Gasteiger partial charge >= 0.3 is 0 Å². The van der Waals surface area contributed by atoms with Crippen LogP contribution in [-0.2, 0) is 6.42 Å². The standard InChI is InChI=1S/C19H15F/c20-18-13-11-15(12-14-18)5-3-7-17-9-4-8-16-6-1-2-10-19(16)17/h1-4,6-14H,5H2/b7-3+. The van der Waals surface area contributed by atoms with Crippen LogP contribution in [0.3, 0.4) is 0 Å². The lowest BCUT2D eigenvalue weighted by Crippen LogP contribution is -1.82. The van der Waals surface area contributed by atoms with Gasteiger partial charge in [-0.3, -0.25) is 0 Å². The average molecular weight is 262 g/mol. The van der Waals surface area contributed by atoms with Crippen molar-refractivity contribution in [2.45, 2.75) is 6.42 Å². The lowest BCUT2D eigenvalue weighted by Gasteiger charge is -2.02. The molecule has 0 saturated carbocycles. The Balaban J connectivity index is 1.82. The number of benzene rings is 3. The van der Waals surface area contributed by atoms with E-state index in [4.69, 9.17) is 0 Å². The van der Waals surface area contributed by atoms with Crippen molar-refractivity contribution in [3.05, 3.63) is 89.8 Å². The van der Waals surface area contributed by atoms with Crippen molar-refractivity contribution in [3.8, 4) is 0 Å². The summed E-state index contributed by atoms with van der Waals surface area (Å²) in [5, 5.41) is 2.50. The zero-order chi connectivity index (χ0) is 13.8. The van der Waals surface area contributed by atoms with Gasteiger partial charge in [-0.25, -0.2) is 4.39 Å². The van der Waals surface area contributed by atoms with E-state index >= 15 is 0 Å². The van der Waals surface area contributed by atoms with E-state index in [1.807, 2.05) is 18.2 Å². The molecule has 0 fully saturated rings. The zero-order valence-corrected chi connectivity index (χ0v) is 11.1. The molecule has 0 aliphatic heterocycles. The van der Waals surface area contributed by atoms with Gasteiger partial charge in [0.25, 0.3) is 0 Å². The summed E-state index contributed by atoms with van der Waals surface area (Å²) in [7, 11) is 0. The Morgan fingerprint density at radius 2 is 1.55 bits per heavy atom. The molecule has 0 aliphatic rings. The van der Waals surface area contributed by atoms with Crippen LogP contribution in [0.2, 0.25) is 0 Å². The van der Waals surface area contributed by atoms with Gasteiger partial charge in [0, 0.05) is 0 Å². The summed E-state index contributed by atoms with van der Waals surface area (Å²) in [5.74, 6) is -0.188. The van der Waals surface area contributed by atoms with E-state index in [0.717, 1.165) is 12.0 Å². The number of halogens is 1. The molecule has 0 aliphatic carbocycles. The predicted molar refractivity (Wildman–Crippen MR) is 83.1 cm³/mol. The van der Waals surface area contributed by atoms with Gasteiger partial charge in [0.2, 0.25) is 0 Å². The second kappa shape index (κ2) is 5.70. The van der Waals surface area contributed by atoms with Crippen LogP contribution in [0.4, 0.5) is 4.39 Å². The number of hydrogen-bond acceptors (Lipinski definition) is 0. The minimum absolute atomic E-state index is 0.188. The molecular formula is C19H15F. The van der Waals surface area contributed by atoms with Gasteiger partial charge in [-0.1, -0.05) is 66.7 Å². The van der Waals surface area contributed by atoms with Crippen LogP contribution < -0.4 is 0 Å². The quantitative estimate of drug-likeness (QED) is 0.606. The lowest BCUT2D eigenvalue weighted by atomic mass is 10.0. The third kappa shape index (κ3) is 2.77. The summed E-state index contributed by atoms with van der Waals surface area (Å²) >= 11 is 0. The Labute approximate surface area is 118 Å². The lowest BCUT2D eigenvalue weighted by molar-refractivity contribution is 0.627. The maximum atomic E-state index is 12.8. The van der Waals surface area contributed by atoms with Gasteiger partial charge in [0.1, 0.15) is 5.82 Å². The van der Waals surface area contributed by atoms with E-state index in [-0.39, 0.29) is 5.82 Å². The minimum Gasteiger partial charge on any atom is -0.207 e. The molecule has 0 spiro atoms. The van der Waals surface area contributed by atoms with Gasteiger partial charge in [-0.15, -0.1) is 0 Å². The number of fused-ring (bicyclic) bond motifs is 1. The first-order valence-electron chi connectivity index (χ1n) is 6.72.